The molecule has 0 aliphatic carbocycles. The summed E-state index contributed by atoms with van der Waals surface area (Å²) in [5.41, 5.74) is 0.900. The Bertz CT molecular complexity index is 909. The molecule has 0 amide bonds. The van der Waals surface area contributed by atoms with E-state index in [0.717, 1.165) is 24.8 Å². The number of piperidine rings is 1. The van der Waals surface area contributed by atoms with Gasteiger partial charge >= 0.3 is 5.97 Å². The Hall–Kier alpha value is -1.89. The number of carbonyl (C=O) groups excluding carboxylic acids is 1. The predicted molar refractivity (Wildman–Crippen MR) is 104 cm³/mol. The molecule has 0 N–H and O–H groups in total. The highest BCUT2D eigenvalue weighted by Gasteiger charge is 2.28. The molecule has 7 heteroatoms. The number of ether oxygens (including phenoxy) is 1. The summed E-state index contributed by atoms with van der Waals surface area (Å²) in [6.07, 6.45) is 2.24. The third-order valence-electron chi connectivity index (χ3n) is 4.66. The molecular weight excluding hydrogens is 386 g/mol. The quantitative estimate of drug-likeness (QED) is 0.687. The zero-order valence-corrected chi connectivity index (χ0v) is 16.7. The Morgan fingerprint density at radius 1 is 1.07 bits per heavy atom. The lowest BCUT2D eigenvalue weighted by atomic mass is 10.1. The van der Waals surface area contributed by atoms with Crippen molar-refractivity contribution in [3.8, 4) is 0 Å². The summed E-state index contributed by atoms with van der Waals surface area (Å²) < 4.78 is 32.6. The molecular formula is C20H22ClNO4S. The highest BCUT2D eigenvalue weighted by Crippen LogP contribution is 2.27. The van der Waals surface area contributed by atoms with Crippen molar-refractivity contribution < 1.29 is 17.9 Å². The van der Waals surface area contributed by atoms with Gasteiger partial charge in [-0.05, 0) is 43.5 Å². The lowest BCUT2D eigenvalue weighted by molar-refractivity contribution is 0.0338. The van der Waals surface area contributed by atoms with E-state index < -0.39 is 22.1 Å². The molecule has 0 spiro atoms. The normalized spacial score (nSPS) is 16.7. The van der Waals surface area contributed by atoms with Crippen molar-refractivity contribution >= 4 is 27.6 Å². The summed E-state index contributed by atoms with van der Waals surface area (Å²) in [5, 5.41) is 0.165. The number of hydrogen-bond acceptors (Lipinski definition) is 4. The van der Waals surface area contributed by atoms with Crippen LogP contribution < -0.4 is 0 Å². The van der Waals surface area contributed by atoms with Gasteiger partial charge in [-0.1, -0.05) is 48.4 Å². The number of carbonyl (C=O) groups is 1. The maximum absolute atomic E-state index is 12.8. The average molecular weight is 408 g/mol. The fourth-order valence-electron chi connectivity index (χ4n) is 3.09. The fraction of sp³-hybridized carbons (Fsp3) is 0.350. The van der Waals surface area contributed by atoms with E-state index in [-0.39, 0.29) is 15.5 Å². The average Bonchev–Trinajstić information content (AvgIpc) is 2.69. The Morgan fingerprint density at radius 2 is 1.74 bits per heavy atom. The van der Waals surface area contributed by atoms with Crippen LogP contribution in [-0.4, -0.2) is 31.8 Å². The molecule has 1 heterocycles. The third-order valence-corrected chi connectivity index (χ3v) is 6.89. The number of rotatable bonds is 5. The largest absolute Gasteiger partial charge is 0.454 e. The van der Waals surface area contributed by atoms with Gasteiger partial charge in [0.15, 0.2) is 0 Å². The zero-order chi connectivity index (χ0) is 19.4. The maximum atomic E-state index is 12.8. The van der Waals surface area contributed by atoms with Crippen LogP contribution in [0.25, 0.3) is 0 Å². The van der Waals surface area contributed by atoms with Crippen molar-refractivity contribution in [1.82, 2.24) is 4.31 Å². The second-order valence-electron chi connectivity index (χ2n) is 6.56. The molecule has 2 aromatic carbocycles. The van der Waals surface area contributed by atoms with Crippen molar-refractivity contribution in [2.24, 2.45) is 0 Å². The Balaban J connectivity index is 1.83. The summed E-state index contributed by atoms with van der Waals surface area (Å²) >= 11 is 6.15. The van der Waals surface area contributed by atoms with Gasteiger partial charge in [0.2, 0.25) is 10.0 Å². The molecule has 0 bridgehead atoms. The van der Waals surface area contributed by atoms with Gasteiger partial charge in [0.05, 0.1) is 15.5 Å². The fourth-order valence-corrected chi connectivity index (χ4v) is 4.83. The summed E-state index contributed by atoms with van der Waals surface area (Å²) in [6, 6.07) is 13.5. The first-order valence-corrected chi connectivity index (χ1v) is 10.8. The zero-order valence-electron chi connectivity index (χ0n) is 15.1. The Morgan fingerprint density at radius 3 is 2.41 bits per heavy atom. The van der Waals surface area contributed by atoms with Crippen LogP contribution in [0.5, 0.6) is 0 Å². The molecule has 1 fully saturated rings. The van der Waals surface area contributed by atoms with Crippen LogP contribution in [-0.2, 0) is 14.8 Å². The minimum Gasteiger partial charge on any atom is -0.454 e. The highest BCUT2D eigenvalue weighted by atomic mass is 35.5. The minimum absolute atomic E-state index is 0.0533. The van der Waals surface area contributed by atoms with E-state index in [1.807, 2.05) is 30.3 Å². The third kappa shape index (κ3) is 4.51. The van der Waals surface area contributed by atoms with Crippen LogP contribution in [0.4, 0.5) is 0 Å². The van der Waals surface area contributed by atoms with Crippen molar-refractivity contribution in [2.45, 2.75) is 37.2 Å². The van der Waals surface area contributed by atoms with Gasteiger partial charge in [-0.3, -0.25) is 0 Å². The van der Waals surface area contributed by atoms with E-state index in [0.29, 0.717) is 13.1 Å². The molecule has 0 aromatic heterocycles. The van der Waals surface area contributed by atoms with Crippen LogP contribution in [0.3, 0.4) is 0 Å². The molecule has 1 aliphatic heterocycles. The molecule has 2 aromatic rings. The van der Waals surface area contributed by atoms with E-state index in [1.165, 1.54) is 22.5 Å². The van der Waals surface area contributed by atoms with Crippen molar-refractivity contribution in [3.05, 3.63) is 64.7 Å². The minimum atomic E-state index is -3.65. The van der Waals surface area contributed by atoms with Gasteiger partial charge in [0.25, 0.3) is 0 Å². The maximum Gasteiger partial charge on any atom is 0.340 e. The molecule has 5 nitrogen and oxygen atoms in total. The molecule has 0 radical (unpaired) electrons. The van der Waals surface area contributed by atoms with Gasteiger partial charge < -0.3 is 4.74 Å². The SMILES string of the molecule is C[C@@H](OC(=O)c1cc(S(=O)(=O)N2CCCCC2)ccc1Cl)c1ccccc1. The molecule has 27 heavy (non-hydrogen) atoms. The second-order valence-corrected chi connectivity index (χ2v) is 8.91. The first-order chi connectivity index (χ1) is 12.9. The van der Waals surface area contributed by atoms with Gasteiger partial charge in [0.1, 0.15) is 6.10 Å². The lowest BCUT2D eigenvalue weighted by Crippen LogP contribution is -2.35. The molecule has 0 saturated carbocycles. The Kier molecular flexibility index (Phi) is 6.19. The molecule has 0 unspecified atom stereocenters. The number of benzene rings is 2. The van der Waals surface area contributed by atoms with Gasteiger partial charge in [0, 0.05) is 13.1 Å². The lowest BCUT2D eigenvalue weighted by Gasteiger charge is -2.26. The van der Waals surface area contributed by atoms with Gasteiger partial charge in [-0.25, -0.2) is 13.2 Å². The van der Waals surface area contributed by atoms with Crippen molar-refractivity contribution in [2.75, 3.05) is 13.1 Å². The van der Waals surface area contributed by atoms with Crippen LogP contribution in [0.1, 0.15) is 48.2 Å². The van der Waals surface area contributed by atoms with E-state index in [2.05, 4.69) is 0 Å². The van der Waals surface area contributed by atoms with Gasteiger partial charge in [-0.2, -0.15) is 4.31 Å². The van der Waals surface area contributed by atoms with Crippen molar-refractivity contribution in [3.63, 3.8) is 0 Å². The number of esters is 1. The molecule has 1 saturated heterocycles. The first kappa shape index (κ1) is 19.9. The number of halogens is 1. The summed E-state index contributed by atoms with van der Waals surface area (Å²) in [6.45, 7) is 2.75. The van der Waals surface area contributed by atoms with E-state index in [4.69, 9.17) is 16.3 Å². The molecule has 144 valence electrons. The van der Waals surface area contributed by atoms with Gasteiger partial charge in [-0.15, -0.1) is 0 Å². The number of nitrogens with zero attached hydrogens (tertiary/aromatic N) is 1. The topological polar surface area (TPSA) is 63.7 Å². The first-order valence-electron chi connectivity index (χ1n) is 8.95. The molecule has 1 aliphatic rings. The van der Waals surface area contributed by atoms with Crippen LogP contribution in [0.2, 0.25) is 5.02 Å². The van der Waals surface area contributed by atoms with Crippen LogP contribution in [0.15, 0.2) is 53.4 Å². The molecule has 1 atom stereocenters. The number of hydrogen-bond donors (Lipinski definition) is 0. The highest BCUT2D eigenvalue weighted by molar-refractivity contribution is 7.89. The summed E-state index contributed by atoms with van der Waals surface area (Å²) in [7, 11) is -3.65. The number of sulfonamides is 1. The van der Waals surface area contributed by atoms with E-state index >= 15 is 0 Å². The van der Waals surface area contributed by atoms with Crippen molar-refractivity contribution in [1.29, 1.82) is 0 Å². The second kappa shape index (κ2) is 8.42. The summed E-state index contributed by atoms with van der Waals surface area (Å²) in [4.78, 5) is 12.7. The van der Waals surface area contributed by atoms with E-state index in [9.17, 15) is 13.2 Å². The van der Waals surface area contributed by atoms with Crippen LogP contribution >= 0.6 is 11.6 Å². The van der Waals surface area contributed by atoms with E-state index in [1.54, 1.807) is 6.92 Å². The van der Waals surface area contributed by atoms with Crippen LogP contribution in [0, 0.1) is 0 Å². The standard InChI is InChI=1S/C20H22ClNO4S/c1-15(16-8-4-2-5-9-16)26-20(23)18-14-17(10-11-19(18)21)27(24,25)22-12-6-3-7-13-22/h2,4-5,8-11,14-15H,3,6-7,12-13H2,1H3/t15-/m1/s1. The Labute approximate surface area is 165 Å². The molecule has 3 rings (SSSR count). The smallest absolute Gasteiger partial charge is 0.340 e. The predicted octanol–water partition coefficient (Wildman–Crippen LogP) is 4.43. The monoisotopic (exact) mass is 407 g/mol. The summed E-state index contributed by atoms with van der Waals surface area (Å²) in [5.74, 6) is -0.646.